The van der Waals surface area contributed by atoms with Gasteiger partial charge in [0.25, 0.3) is 0 Å². The lowest BCUT2D eigenvalue weighted by molar-refractivity contribution is -0.107. The molecule has 1 N–H and O–H groups in total. The molecule has 0 aliphatic heterocycles. The van der Waals surface area contributed by atoms with Gasteiger partial charge in [-0.3, -0.25) is 4.79 Å². The minimum absolute atomic E-state index is 0. The first-order valence-electron chi connectivity index (χ1n) is 0.748. The molecule has 0 saturated heterocycles. The van der Waals surface area contributed by atoms with Crippen molar-refractivity contribution in [2.45, 2.75) is 0 Å². The third-order valence-electron chi connectivity index (χ3n) is 0.0527. The Morgan fingerprint density at radius 1 is 1.80 bits per heavy atom. The largest absolute Gasteiger partial charge is 0.305 e. The molecule has 5 heavy (non-hydrogen) atoms. The topological polar surface area (TPSA) is 29.1 Å². The normalized spacial score (nSPS) is 4.20. The zero-order chi connectivity index (χ0) is 3.41. The van der Waals surface area contributed by atoms with Crippen LogP contribution in [0.4, 0.5) is 0 Å². The van der Waals surface area contributed by atoms with Gasteiger partial charge in [0.1, 0.15) is 0 Å². The molecule has 0 heterocycles. The third kappa shape index (κ3) is 14.9. The number of carbonyl (C=O) groups excluding carboxylic acids is 1. The maximum atomic E-state index is 8.99. The predicted octanol–water partition coefficient (Wildman–Crippen LogP) is -0.00100. The summed E-state index contributed by atoms with van der Waals surface area (Å²) in [7, 11) is 0. The van der Waals surface area contributed by atoms with E-state index >= 15 is 0 Å². The molecule has 0 radical (unpaired) electrons. The molecule has 2 nitrogen and oxygen atoms in total. The lowest BCUT2D eigenvalue weighted by Crippen LogP contribution is -1.87. The van der Waals surface area contributed by atoms with Crippen LogP contribution in [0.2, 0.25) is 0 Å². The van der Waals surface area contributed by atoms with Gasteiger partial charge >= 0.3 is 0 Å². The second kappa shape index (κ2) is 8.93. The van der Waals surface area contributed by atoms with Gasteiger partial charge in [-0.2, -0.15) is 0 Å². The summed E-state index contributed by atoms with van der Waals surface area (Å²) in [5.41, 5.74) is 0. The SMILES string of the molecule is Cl.O=CNS. The minimum Gasteiger partial charge on any atom is -0.305 e. The molecule has 0 aromatic rings. The van der Waals surface area contributed by atoms with Crippen molar-refractivity contribution in [3.8, 4) is 0 Å². The fourth-order valence-corrected chi connectivity index (χ4v) is 0. The summed E-state index contributed by atoms with van der Waals surface area (Å²) in [4.78, 5) is 8.99. The Hall–Kier alpha value is 0.110. The van der Waals surface area contributed by atoms with E-state index < -0.39 is 0 Å². The van der Waals surface area contributed by atoms with Gasteiger partial charge < -0.3 is 4.72 Å². The van der Waals surface area contributed by atoms with E-state index in [4.69, 9.17) is 4.79 Å². The van der Waals surface area contributed by atoms with Gasteiger partial charge in [0.2, 0.25) is 6.41 Å². The number of rotatable bonds is 1. The van der Waals surface area contributed by atoms with E-state index in [2.05, 4.69) is 12.8 Å². The predicted molar refractivity (Wildman–Crippen MR) is 25.4 cm³/mol. The van der Waals surface area contributed by atoms with Crippen LogP contribution in [0.25, 0.3) is 0 Å². The molecule has 0 aromatic heterocycles. The highest BCUT2D eigenvalue weighted by Gasteiger charge is 1.44. The van der Waals surface area contributed by atoms with Gasteiger partial charge in [-0.05, 0) is 0 Å². The third-order valence-corrected chi connectivity index (χ3v) is 0.158. The maximum Gasteiger partial charge on any atom is 0.216 e. The Balaban J connectivity index is 0. The van der Waals surface area contributed by atoms with Crippen molar-refractivity contribution in [3.05, 3.63) is 0 Å². The molecule has 0 fully saturated rings. The average molecular weight is 114 g/mol. The standard InChI is InChI=1S/CH3NOS.ClH/c3-1-2-4;/h1,4H,(H,2,3);1H. The van der Waals surface area contributed by atoms with Gasteiger partial charge in [-0.15, -0.1) is 12.4 Å². The van der Waals surface area contributed by atoms with Gasteiger partial charge in [0.15, 0.2) is 0 Å². The molecular formula is CH4ClNOS. The molecule has 0 rings (SSSR count). The van der Waals surface area contributed by atoms with Crippen LogP contribution >= 0.6 is 25.2 Å². The molecule has 0 bridgehead atoms. The minimum atomic E-state index is 0. The maximum absolute atomic E-state index is 8.99. The molecule has 1 amide bonds. The lowest BCUT2D eigenvalue weighted by atomic mass is 11.5. The van der Waals surface area contributed by atoms with Crippen molar-refractivity contribution in [3.63, 3.8) is 0 Å². The monoisotopic (exact) mass is 113 g/mol. The molecule has 0 saturated carbocycles. The van der Waals surface area contributed by atoms with Crippen molar-refractivity contribution in [2.24, 2.45) is 0 Å². The molecule has 32 valence electrons. The van der Waals surface area contributed by atoms with E-state index in [9.17, 15) is 0 Å². The number of amides is 1. The zero-order valence-corrected chi connectivity index (χ0v) is 4.05. The number of carbonyl (C=O) groups is 1. The zero-order valence-electron chi connectivity index (χ0n) is 2.34. The Labute approximate surface area is 41.9 Å². The average Bonchev–Trinajstić information content (AvgIpc) is 1.37. The van der Waals surface area contributed by atoms with Crippen LogP contribution in [-0.2, 0) is 4.79 Å². The molecule has 0 aromatic carbocycles. The van der Waals surface area contributed by atoms with Gasteiger partial charge in [0, 0.05) is 0 Å². The van der Waals surface area contributed by atoms with E-state index in [0.717, 1.165) is 0 Å². The smallest absolute Gasteiger partial charge is 0.216 e. The number of hydrogen-bond donors (Lipinski definition) is 2. The lowest BCUT2D eigenvalue weighted by Gasteiger charge is -1.63. The molecular weight excluding hydrogens is 110 g/mol. The summed E-state index contributed by atoms with van der Waals surface area (Å²) >= 11 is 3.30. The van der Waals surface area contributed by atoms with Crippen LogP contribution in [0, 0.1) is 0 Å². The van der Waals surface area contributed by atoms with Crippen LogP contribution < -0.4 is 4.72 Å². The van der Waals surface area contributed by atoms with Crippen LogP contribution in [0.5, 0.6) is 0 Å². The van der Waals surface area contributed by atoms with E-state index in [0.29, 0.717) is 6.41 Å². The Morgan fingerprint density at radius 3 is 2.00 bits per heavy atom. The Kier molecular flexibility index (Phi) is 15.9. The fourth-order valence-electron chi connectivity index (χ4n) is 0. The second-order valence-electron chi connectivity index (χ2n) is 0.247. The summed E-state index contributed by atoms with van der Waals surface area (Å²) in [5, 5.41) is 0. The number of nitrogens with one attached hydrogen (secondary N) is 1. The first-order valence-corrected chi connectivity index (χ1v) is 1.20. The highest BCUT2D eigenvalue weighted by Crippen LogP contribution is 1.39. The quantitative estimate of drug-likeness (QED) is 0.364. The summed E-state index contributed by atoms with van der Waals surface area (Å²) in [6, 6.07) is 0. The number of hydrogen-bond acceptors (Lipinski definition) is 2. The molecule has 0 aliphatic carbocycles. The van der Waals surface area contributed by atoms with Crippen LogP contribution in [0.15, 0.2) is 0 Å². The first kappa shape index (κ1) is 8.92. The second-order valence-corrected chi connectivity index (χ2v) is 0.505. The van der Waals surface area contributed by atoms with Crippen LogP contribution in [0.1, 0.15) is 0 Å². The molecule has 0 aliphatic rings. The molecule has 0 spiro atoms. The van der Waals surface area contributed by atoms with Gasteiger partial charge in [-0.1, -0.05) is 12.8 Å². The molecule has 0 unspecified atom stereocenters. The van der Waals surface area contributed by atoms with Crippen molar-refractivity contribution in [2.75, 3.05) is 0 Å². The summed E-state index contributed by atoms with van der Waals surface area (Å²) < 4.78 is 1.94. The van der Waals surface area contributed by atoms with Gasteiger partial charge in [-0.25, -0.2) is 0 Å². The van der Waals surface area contributed by atoms with Crippen molar-refractivity contribution in [1.82, 2.24) is 4.72 Å². The van der Waals surface area contributed by atoms with Crippen molar-refractivity contribution >= 4 is 31.6 Å². The van der Waals surface area contributed by atoms with Crippen molar-refractivity contribution < 1.29 is 4.79 Å². The number of halogens is 1. The number of thiol groups is 1. The highest BCUT2D eigenvalue weighted by molar-refractivity contribution is 7.78. The van der Waals surface area contributed by atoms with E-state index in [1.165, 1.54) is 0 Å². The molecule has 0 atom stereocenters. The summed E-state index contributed by atoms with van der Waals surface area (Å²) in [6.07, 6.45) is 0.489. The van der Waals surface area contributed by atoms with Crippen molar-refractivity contribution in [1.29, 1.82) is 0 Å². The van der Waals surface area contributed by atoms with E-state index in [1.807, 2.05) is 4.72 Å². The molecule has 4 heteroatoms. The summed E-state index contributed by atoms with van der Waals surface area (Å²) in [6.45, 7) is 0. The van der Waals surface area contributed by atoms with E-state index in [1.54, 1.807) is 0 Å². The summed E-state index contributed by atoms with van der Waals surface area (Å²) in [5.74, 6) is 0. The van der Waals surface area contributed by atoms with Crippen LogP contribution in [0.3, 0.4) is 0 Å². The van der Waals surface area contributed by atoms with Crippen LogP contribution in [-0.4, -0.2) is 6.41 Å². The highest BCUT2D eigenvalue weighted by atomic mass is 35.5. The van der Waals surface area contributed by atoms with E-state index in [-0.39, 0.29) is 12.4 Å². The van der Waals surface area contributed by atoms with Gasteiger partial charge in [0.05, 0.1) is 0 Å². The first-order chi connectivity index (χ1) is 1.91. The Morgan fingerprint density at radius 2 is 2.00 bits per heavy atom. The fraction of sp³-hybridized carbons (Fsp3) is 0. The Bertz CT molecular complexity index is 25.6.